The Hall–Kier alpha value is -0.0600. The van der Waals surface area contributed by atoms with Gasteiger partial charge >= 0.3 is 15.2 Å². The smallest absolute Gasteiger partial charge is 0.302 e. The maximum Gasteiger partial charge on any atom is 0.332 e. The van der Waals surface area contributed by atoms with Crippen LogP contribution in [0.1, 0.15) is 0 Å². The second-order valence-electron chi connectivity index (χ2n) is 8.61. The van der Waals surface area contributed by atoms with E-state index in [4.69, 9.17) is 18.1 Å². The maximum absolute atomic E-state index is 13.7. The lowest BCUT2D eigenvalue weighted by atomic mass is 10.5. The van der Waals surface area contributed by atoms with Crippen LogP contribution < -0.4 is 0 Å². The van der Waals surface area contributed by atoms with Crippen LogP contribution in [0.2, 0.25) is 0 Å². The third-order valence-corrected chi connectivity index (χ3v) is 14.7. The van der Waals surface area contributed by atoms with Crippen molar-refractivity contribution in [2.45, 2.75) is 24.4 Å². The van der Waals surface area contributed by atoms with Crippen molar-refractivity contribution in [2.24, 2.45) is 0 Å². The maximum atomic E-state index is 13.7. The molecule has 4 unspecified atom stereocenters. The molecule has 4 rings (SSSR count). The highest BCUT2D eigenvalue weighted by atomic mass is 32.2. The Labute approximate surface area is 219 Å². The molecule has 0 amide bonds. The molecule has 4 aliphatic heterocycles. The summed E-state index contributed by atoms with van der Waals surface area (Å²) in [5.41, 5.74) is 0. The van der Waals surface area contributed by atoms with E-state index in [2.05, 4.69) is 16.7 Å². The lowest BCUT2D eigenvalue weighted by Crippen LogP contribution is -2.25. The molecule has 0 aromatic rings. The fourth-order valence-electron chi connectivity index (χ4n) is 3.67. The topological polar surface area (TPSA) is 245 Å². The van der Waals surface area contributed by atoms with E-state index in [1.165, 1.54) is 0 Å². The van der Waals surface area contributed by atoms with Crippen LogP contribution in [-0.2, 0) is 84.4 Å². The minimum absolute atomic E-state index is 0.519. The van der Waals surface area contributed by atoms with E-state index in [1.807, 2.05) is 0 Å². The van der Waals surface area contributed by atoms with Gasteiger partial charge in [-0.05, 0) is 0 Å². The van der Waals surface area contributed by atoms with E-state index in [0.29, 0.717) is 0 Å². The first-order valence-corrected chi connectivity index (χ1v) is 20.5. The summed E-state index contributed by atoms with van der Waals surface area (Å²) < 4.78 is 160. The summed E-state index contributed by atoms with van der Waals surface area (Å²) in [6.45, 7) is -2.08. The normalized spacial score (nSPS) is 36.5. The Bertz CT molecular complexity index is 1230. The van der Waals surface area contributed by atoms with Crippen LogP contribution in [0.15, 0.2) is 0 Å². The van der Waals surface area contributed by atoms with Crippen LogP contribution in [0.25, 0.3) is 0 Å². The lowest BCUT2D eigenvalue weighted by Gasteiger charge is -2.27. The molecule has 0 aliphatic carbocycles. The minimum atomic E-state index is -4.49. The summed E-state index contributed by atoms with van der Waals surface area (Å²) in [5, 5.41) is 0. The van der Waals surface area contributed by atoms with E-state index in [0.717, 1.165) is 0 Å². The van der Waals surface area contributed by atoms with E-state index in [1.54, 1.807) is 0 Å². The first-order valence-electron chi connectivity index (χ1n) is 10.7. The molecular formula is C14H24O18P2S4. The molecule has 4 atom stereocenters. The minimum Gasteiger partial charge on any atom is -0.302 e. The Balaban J connectivity index is 1.52. The third kappa shape index (κ3) is 8.72. The standard InChI is InChI=1S/C14H24O18P2S4/c15-33(29-11-3-25-35(17,18)7-11,30-12-4-26-36(19,20)8-12)1-2-34(16,31-13-5-27-37(21,22)9-13)32-14-6-28-38(23,24)10-14/h11-14H,1-10H2. The van der Waals surface area contributed by atoms with Gasteiger partial charge in [0, 0.05) is 0 Å². The predicted molar refractivity (Wildman–Crippen MR) is 123 cm³/mol. The van der Waals surface area contributed by atoms with Gasteiger partial charge in [-0.1, -0.05) is 0 Å². The molecule has 0 N–H and O–H groups in total. The fourth-order valence-corrected chi connectivity index (χ4v) is 13.2. The van der Waals surface area contributed by atoms with Gasteiger partial charge in [0.25, 0.3) is 40.5 Å². The Morgan fingerprint density at radius 1 is 0.474 bits per heavy atom. The second kappa shape index (κ2) is 11.0. The molecule has 4 fully saturated rings. The largest absolute Gasteiger partial charge is 0.332 e. The van der Waals surface area contributed by atoms with E-state index in [-0.39, 0.29) is 0 Å². The van der Waals surface area contributed by atoms with Crippen LogP contribution >= 0.6 is 15.2 Å². The molecule has 222 valence electrons. The lowest BCUT2D eigenvalue weighted by molar-refractivity contribution is 0.0996. The Morgan fingerprint density at radius 2 is 0.684 bits per heavy atom. The van der Waals surface area contributed by atoms with Crippen molar-refractivity contribution in [3.05, 3.63) is 0 Å². The summed E-state index contributed by atoms with van der Waals surface area (Å²) in [4.78, 5) is 0. The van der Waals surface area contributed by atoms with Crippen LogP contribution in [0, 0.1) is 0 Å². The molecule has 0 aromatic carbocycles. The summed E-state index contributed by atoms with van der Waals surface area (Å²) >= 11 is 0. The molecule has 0 radical (unpaired) electrons. The molecule has 4 aliphatic rings. The zero-order valence-corrected chi connectivity index (χ0v) is 24.3. The predicted octanol–water partition coefficient (Wildman–Crippen LogP) is -1.65. The van der Waals surface area contributed by atoms with Gasteiger partial charge in [0.1, 0.15) is 47.4 Å². The zero-order valence-electron chi connectivity index (χ0n) is 19.3. The van der Waals surface area contributed by atoms with Gasteiger partial charge in [-0.25, -0.2) is 0 Å². The monoisotopic (exact) mass is 670 g/mol. The molecule has 0 bridgehead atoms. The molecule has 24 heteroatoms. The van der Waals surface area contributed by atoms with Crippen molar-refractivity contribution in [2.75, 3.05) is 61.8 Å². The van der Waals surface area contributed by atoms with Crippen LogP contribution in [0.4, 0.5) is 0 Å². The van der Waals surface area contributed by atoms with Gasteiger partial charge in [0.15, 0.2) is 0 Å². The van der Waals surface area contributed by atoms with Gasteiger partial charge < -0.3 is 18.1 Å². The van der Waals surface area contributed by atoms with Crippen molar-refractivity contribution in [3.8, 4) is 0 Å². The van der Waals surface area contributed by atoms with Crippen molar-refractivity contribution in [3.63, 3.8) is 0 Å². The second-order valence-corrected chi connectivity index (χ2v) is 19.5. The summed E-state index contributed by atoms with van der Waals surface area (Å²) in [6, 6.07) is 0. The SMILES string of the molecule is O=P(CCP(=O)(OC1COS(=O)(=O)C1)OC1COS(=O)(=O)C1)(OC1COS(=O)(=O)C1)OC1COS(=O)(=O)C1. The molecule has 4 heterocycles. The van der Waals surface area contributed by atoms with Gasteiger partial charge in [-0.15, -0.1) is 0 Å². The van der Waals surface area contributed by atoms with Crippen molar-refractivity contribution < 1.29 is 77.6 Å². The van der Waals surface area contributed by atoms with E-state index in [9.17, 15) is 42.8 Å². The molecule has 0 aromatic heterocycles. The molecule has 0 spiro atoms. The summed E-state index contributed by atoms with van der Waals surface area (Å²) in [7, 11) is -24.9. The highest BCUT2D eigenvalue weighted by Gasteiger charge is 2.46. The molecule has 0 saturated carbocycles. The van der Waals surface area contributed by atoms with Crippen LogP contribution in [-0.4, -0.2) is 120 Å². The summed E-state index contributed by atoms with van der Waals surface area (Å²) in [5.74, 6) is -2.78. The van der Waals surface area contributed by atoms with Gasteiger partial charge in [-0.2, -0.15) is 33.7 Å². The van der Waals surface area contributed by atoms with E-state index >= 15 is 0 Å². The molecule has 38 heavy (non-hydrogen) atoms. The third-order valence-electron chi connectivity index (χ3n) is 5.18. The Morgan fingerprint density at radius 3 is 0.842 bits per heavy atom. The van der Waals surface area contributed by atoms with Crippen molar-refractivity contribution in [1.82, 2.24) is 0 Å². The van der Waals surface area contributed by atoms with Gasteiger partial charge in [0.05, 0.1) is 38.8 Å². The quantitative estimate of drug-likeness (QED) is 0.176. The number of hydrogen-bond acceptors (Lipinski definition) is 18. The Kier molecular flexibility index (Phi) is 8.92. The van der Waals surface area contributed by atoms with Crippen molar-refractivity contribution in [1.29, 1.82) is 0 Å². The number of hydrogen-bond donors (Lipinski definition) is 0. The highest BCUT2D eigenvalue weighted by Crippen LogP contribution is 2.58. The first-order chi connectivity index (χ1) is 17.3. The average molecular weight is 671 g/mol. The first kappa shape index (κ1) is 30.9. The zero-order chi connectivity index (χ0) is 28.0. The van der Waals surface area contributed by atoms with Crippen molar-refractivity contribution >= 4 is 55.7 Å². The molecule has 18 nitrogen and oxygen atoms in total. The van der Waals surface area contributed by atoms with Gasteiger partial charge in [0.2, 0.25) is 0 Å². The highest BCUT2D eigenvalue weighted by molar-refractivity contribution is 7.87. The average Bonchev–Trinajstić information content (AvgIpc) is 3.47. The van der Waals surface area contributed by atoms with Gasteiger partial charge in [-0.3, -0.25) is 25.9 Å². The molecular weight excluding hydrogens is 646 g/mol. The number of rotatable bonds is 11. The molecule has 4 saturated heterocycles. The van der Waals surface area contributed by atoms with Crippen LogP contribution in [0.3, 0.4) is 0 Å². The fraction of sp³-hybridized carbons (Fsp3) is 1.00. The summed E-state index contributed by atoms with van der Waals surface area (Å²) in [6.07, 6.45) is -6.73. The van der Waals surface area contributed by atoms with Crippen LogP contribution in [0.5, 0.6) is 0 Å². The van der Waals surface area contributed by atoms with E-state index < -0.39 is 142 Å².